The molecule has 3 N–H and O–H groups in total. The predicted molar refractivity (Wildman–Crippen MR) is 143 cm³/mol. The number of hydrogen-bond donors (Lipinski definition) is 3. The van der Waals surface area contributed by atoms with Gasteiger partial charge in [0.2, 0.25) is 17.8 Å². The van der Waals surface area contributed by atoms with Crippen molar-refractivity contribution in [2.24, 2.45) is 0 Å². The Morgan fingerprint density at radius 2 is 1.95 bits per heavy atom. The minimum atomic E-state index is -1.07. The summed E-state index contributed by atoms with van der Waals surface area (Å²) in [4.78, 5) is 58.1. The molecule has 14 heteroatoms. The fourth-order valence-corrected chi connectivity index (χ4v) is 5.42. The number of nitrogens with zero attached hydrogens (tertiary/aromatic N) is 7. The summed E-state index contributed by atoms with van der Waals surface area (Å²) in [6.07, 6.45) is 5.38. The number of rotatable bonds is 7. The first kappa shape index (κ1) is 24.5. The molecular formula is C25H23N9O4S. The van der Waals surface area contributed by atoms with Crippen molar-refractivity contribution in [3.63, 3.8) is 0 Å². The lowest BCUT2D eigenvalue weighted by atomic mass is 10.2. The summed E-state index contributed by atoms with van der Waals surface area (Å²) < 4.78 is 1.89. The minimum absolute atomic E-state index is 0.103. The molecule has 0 spiro atoms. The van der Waals surface area contributed by atoms with Crippen LogP contribution in [0, 0.1) is 6.92 Å². The Hall–Kier alpha value is -4.85. The Kier molecular flexibility index (Phi) is 6.15. The molecule has 0 atom stereocenters. The largest absolute Gasteiger partial charge is 0.477 e. The van der Waals surface area contributed by atoms with Gasteiger partial charge in [-0.15, -0.1) is 0 Å². The van der Waals surface area contributed by atoms with Crippen molar-refractivity contribution in [2.75, 3.05) is 34.8 Å². The number of aromatic carboxylic acids is 1. The molecule has 0 aliphatic carbocycles. The topological polar surface area (TPSA) is 158 Å². The van der Waals surface area contributed by atoms with Crippen LogP contribution in [-0.4, -0.2) is 67.0 Å². The number of amides is 2. The molecule has 0 radical (unpaired) electrons. The van der Waals surface area contributed by atoms with E-state index in [1.165, 1.54) is 0 Å². The maximum atomic E-state index is 13.2. The summed E-state index contributed by atoms with van der Waals surface area (Å²) in [5, 5.41) is 15.5. The smallest absolute Gasteiger partial charge is 0.347 e. The number of benzene rings is 1. The number of carboxylic acid groups (broad SMARTS) is 1. The van der Waals surface area contributed by atoms with Crippen molar-refractivity contribution in [1.82, 2.24) is 29.8 Å². The predicted octanol–water partition coefficient (Wildman–Crippen LogP) is 1.89. The average molecular weight is 546 g/mol. The maximum absolute atomic E-state index is 13.2. The molecule has 0 saturated carbocycles. The molecule has 0 unspecified atom stereocenters. The third-order valence-electron chi connectivity index (χ3n) is 6.48. The average Bonchev–Trinajstić information content (AvgIpc) is 3.64. The monoisotopic (exact) mass is 545 g/mol. The highest BCUT2D eigenvalue weighted by Gasteiger charge is 2.35. The van der Waals surface area contributed by atoms with E-state index in [2.05, 4.69) is 30.6 Å². The minimum Gasteiger partial charge on any atom is -0.477 e. The highest BCUT2D eigenvalue weighted by Crippen LogP contribution is 2.37. The molecule has 2 amide bonds. The van der Waals surface area contributed by atoms with Gasteiger partial charge in [0.05, 0.1) is 31.5 Å². The first-order valence-electron chi connectivity index (χ1n) is 12.1. The number of piperazine rings is 1. The first-order valence-corrected chi connectivity index (χ1v) is 13.0. The number of carbonyl (C=O) groups is 3. The molecular weight excluding hydrogens is 522 g/mol. The van der Waals surface area contributed by atoms with Crippen LogP contribution < -0.4 is 20.4 Å². The van der Waals surface area contributed by atoms with E-state index in [0.29, 0.717) is 47.7 Å². The second-order valence-corrected chi connectivity index (χ2v) is 10.1. The molecule has 2 aliphatic heterocycles. The normalized spacial score (nSPS) is 14.9. The number of thiazole rings is 1. The number of aromatic nitrogens is 5. The molecule has 5 heterocycles. The highest BCUT2D eigenvalue weighted by molar-refractivity contribution is 7.17. The molecule has 1 saturated heterocycles. The van der Waals surface area contributed by atoms with Gasteiger partial charge in [0.1, 0.15) is 16.5 Å². The number of imidazole rings is 1. The lowest BCUT2D eigenvalue weighted by Gasteiger charge is -2.29. The number of nitrogens with one attached hydrogen (secondary N) is 2. The fraction of sp³-hybridized carbons (Fsp3) is 0.240. The van der Waals surface area contributed by atoms with E-state index < -0.39 is 5.97 Å². The Bertz CT molecular complexity index is 1580. The van der Waals surface area contributed by atoms with Crippen molar-refractivity contribution in [3.05, 3.63) is 64.7 Å². The Morgan fingerprint density at radius 1 is 1.15 bits per heavy atom. The van der Waals surface area contributed by atoms with E-state index in [4.69, 9.17) is 0 Å². The zero-order valence-corrected chi connectivity index (χ0v) is 21.6. The highest BCUT2D eigenvalue weighted by atomic mass is 32.1. The number of carbonyl (C=O) groups excluding carboxylic acids is 2. The number of fused-ring (bicyclic) bond motifs is 1. The van der Waals surface area contributed by atoms with Crippen LogP contribution >= 0.6 is 11.3 Å². The van der Waals surface area contributed by atoms with Crippen LogP contribution in [0.1, 0.15) is 26.5 Å². The van der Waals surface area contributed by atoms with Crippen molar-refractivity contribution in [3.8, 4) is 5.69 Å². The van der Waals surface area contributed by atoms with Crippen LogP contribution in [0.2, 0.25) is 0 Å². The van der Waals surface area contributed by atoms with Crippen molar-refractivity contribution in [1.29, 1.82) is 0 Å². The molecule has 3 aromatic heterocycles. The second kappa shape index (κ2) is 9.79. The van der Waals surface area contributed by atoms with Crippen molar-refractivity contribution >= 4 is 51.8 Å². The Balaban J connectivity index is 1.35. The van der Waals surface area contributed by atoms with Gasteiger partial charge in [-0.1, -0.05) is 23.5 Å². The van der Waals surface area contributed by atoms with E-state index in [1.807, 2.05) is 39.9 Å². The van der Waals surface area contributed by atoms with Gasteiger partial charge in [0.15, 0.2) is 5.13 Å². The van der Waals surface area contributed by atoms with E-state index in [0.717, 1.165) is 22.6 Å². The SMILES string of the molecule is Cc1nc(Nc2nc(N3CCNC(=O)C3)c3c(n2)N(Cc2ccc(-n4ccnc4)cc2)C(=O)C3)sc1C(=O)O. The first-order chi connectivity index (χ1) is 18.9. The van der Waals surface area contributed by atoms with E-state index >= 15 is 0 Å². The third-order valence-corrected chi connectivity index (χ3v) is 7.54. The Morgan fingerprint density at radius 3 is 2.64 bits per heavy atom. The Labute approximate surface area is 226 Å². The van der Waals surface area contributed by atoms with Crippen LogP contribution in [0.4, 0.5) is 22.7 Å². The molecule has 198 valence electrons. The lowest BCUT2D eigenvalue weighted by molar-refractivity contribution is -0.120. The number of carboxylic acids is 1. The molecule has 1 fully saturated rings. The summed E-state index contributed by atoms with van der Waals surface area (Å²) in [6, 6.07) is 7.80. The quantitative estimate of drug-likeness (QED) is 0.313. The van der Waals surface area contributed by atoms with Crippen molar-refractivity contribution in [2.45, 2.75) is 19.9 Å². The molecule has 0 bridgehead atoms. The molecule has 2 aliphatic rings. The van der Waals surface area contributed by atoms with Crippen LogP contribution in [0.5, 0.6) is 0 Å². The van der Waals surface area contributed by atoms with Gasteiger partial charge in [-0.3, -0.25) is 19.8 Å². The van der Waals surface area contributed by atoms with E-state index in [1.54, 1.807) is 24.3 Å². The third kappa shape index (κ3) is 4.77. The van der Waals surface area contributed by atoms with Gasteiger partial charge in [0, 0.05) is 36.7 Å². The van der Waals surface area contributed by atoms with E-state index in [-0.39, 0.29) is 35.6 Å². The fourth-order valence-electron chi connectivity index (χ4n) is 4.62. The summed E-state index contributed by atoms with van der Waals surface area (Å²) in [7, 11) is 0. The van der Waals surface area contributed by atoms with Crippen LogP contribution in [0.3, 0.4) is 0 Å². The summed E-state index contributed by atoms with van der Waals surface area (Å²) in [6.45, 7) is 3.00. The second-order valence-electron chi connectivity index (χ2n) is 9.10. The standard InChI is InChI=1S/C25H23N9O4S/c1-14-20(23(37)38)39-25(28-14)31-24-29-21(32-9-7-27-18(35)12-32)17-10-19(36)34(22(17)30-24)11-15-2-4-16(5-3-15)33-8-6-26-13-33/h2-6,8,13H,7,9-12H2,1H3,(H,27,35)(H,37,38)(H,28,29,30,31). The van der Waals surface area contributed by atoms with Gasteiger partial charge in [-0.2, -0.15) is 9.97 Å². The molecule has 39 heavy (non-hydrogen) atoms. The van der Waals surface area contributed by atoms with Gasteiger partial charge < -0.3 is 19.9 Å². The summed E-state index contributed by atoms with van der Waals surface area (Å²) in [5.74, 6) is -0.223. The maximum Gasteiger partial charge on any atom is 0.347 e. The van der Waals surface area contributed by atoms with Gasteiger partial charge in [-0.25, -0.2) is 14.8 Å². The number of anilines is 4. The zero-order valence-electron chi connectivity index (χ0n) is 20.8. The number of hydrogen-bond acceptors (Lipinski definition) is 10. The van der Waals surface area contributed by atoms with Gasteiger partial charge in [-0.05, 0) is 24.6 Å². The number of aryl methyl sites for hydroxylation is 1. The van der Waals surface area contributed by atoms with Crippen molar-refractivity contribution < 1.29 is 19.5 Å². The summed E-state index contributed by atoms with van der Waals surface area (Å²) >= 11 is 0.975. The molecule has 1 aromatic carbocycles. The molecule has 6 rings (SSSR count). The van der Waals surface area contributed by atoms with Crippen LogP contribution in [0.25, 0.3) is 5.69 Å². The van der Waals surface area contributed by atoms with Gasteiger partial charge in [0.25, 0.3) is 0 Å². The van der Waals surface area contributed by atoms with E-state index in [9.17, 15) is 19.5 Å². The molecule has 13 nitrogen and oxygen atoms in total. The van der Waals surface area contributed by atoms with Gasteiger partial charge >= 0.3 is 5.97 Å². The lowest BCUT2D eigenvalue weighted by Crippen LogP contribution is -2.48. The summed E-state index contributed by atoms with van der Waals surface area (Å²) in [5.41, 5.74) is 2.88. The van der Waals surface area contributed by atoms with Crippen LogP contribution in [0.15, 0.2) is 43.0 Å². The molecule has 4 aromatic rings. The zero-order chi connectivity index (χ0) is 27.1. The van der Waals surface area contributed by atoms with Crippen LogP contribution in [-0.2, 0) is 22.6 Å².